The molecule has 0 aliphatic heterocycles. The van der Waals surface area contributed by atoms with Crippen molar-refractivity contribution in [3.8, 4) is 11.5 Å². The molecule has 2 aromatic rings. The molecule has 2 aromatic carbocycles. The highest BCUT2D eigenvalue weighted by molar-refractivity contribution is 5.92. The number of amides is 1. The van der Waals surface area contributed by atoms with Crippen LogP contribution in [-0.4, -0.2) is 43.6 Å². The Kier molecular flexibility index (Phi) is 6.19. The van der Waals surface area contributed by atoms with Crippen molar-refractivity contribution in [3.63, 3.8) is 0 Å². The van der Waals surface area contributed by atoms with Gasteiger partial charge >= 0.3 is 5.97 Å². The van der Waals surface area contributed by atoms with Crippen LogP contribution >= 0.6 is 0 Å². The Labute approximate surface area is 165 Å². The van der Waals surface area contributed by atoms with Crippen LogP contribution in [0.15, 0.2) is 42.5 Å². The van der Waals surface area contributed by atoms with Crippen molar-refractivity contribution < 1.29 is 23.8 Å². The molecule has 0 bridgehead atoms. The quantitative estimate of drug-likeness (QED) is 0.654. The molecule has 1 amide bonds. The molecule has 0 N–H and O–H groups in total. The molecule has 6 nitrogen and oxygen atoms in total. The molecule has 0 saturated heterocycles. The van der Waals surface area contributed by atoms with Gasteiger partial charge in [0, 0.05) is 12.6 Å². The third-order valence-corrected chi connectivity index (χ3v) is 4.79. The summed E-state index contributed by atoms with van der Waals surface area (Å²) in [5.74, 6) is 0.660. The summed E-state index contributed by atoms with van der Waals surface area (Å²) in [7, 11) is 3.17. The number of hydrogen-bond donors (Lipinski definition) is 0. The zero-order valence-electron chi connectivity index (χ0n) is 16.4. The van der Waals surface area contributed by atoms with Crippen molar-refractivity contribution in [2.45, 2.75) is 32.4 Å². The summed E-state index contributed by atoms with van der Waals surface area (Å²) in [6.45, 7) is 2.11. The van der Waals surface area contributed by atoms with Crippen LogP contribution in [0.25, 0.3) is 0 Å². The highest BCUT2D eigenvalue weighted by atomic mass is 16.5. The summed E-state index contributed by atoms with van der Waals surface area (Å²) in [6.07, 6.45) is 1.95. The molecule has 0 spiro atoms. The van der Waals surface area contributed by atoms with Gasteiger partial charge < -0.3 is 19.1 Å². The summed E-state index contributed by atoms with van der Waals surface area (Å²) >= 11 is 0. The summed E-state index contributed by atoms with van der Waals surface area (Å²) in [5, 5.41) is 0. The van der Waals surface area contributed by atoms with Crippen LogP contribution in [0.4, 0.5) is 0 Å². The Morgan fingerprint density at radius 3 is 2.36 bits per heavy atom. The van der Waals surface area contributed by atoms with Crippen LogP contribution < -0.4 is 9.47 Å². The molecule has 148 valence electrons. The fourth-order valence-corrected chi connectivity index (χ4v) is 2.98. The lowest BCUT2D eigenvalue weighted by Gasteiger charge is -2.22. The van der Waals surface area contributed by atoms with Crippen molar-refractivity contribution in [2.75, 3.05) is 20.8 Å². The van der Waals surface area contributed by atoms with Gasteiger partial charge in [0.25, 0.3) is 5.91 Å². The van der Waals surface area contributed by atoms with Crippen LogP contribution in [0.3, 0.4) is 0 Å². The molecule has 1 aliphatic rings. The summed E-state index contributed by atoms with van der Waals surface area (Å²) < 4.78 is 15.7. The molecule has 0 atom stereocenters. The lowest BCUT2D eigenvalue weighted by Crippen LogP contribution is -2.36. The fraction of sp³-hybridized carbons (Fsp3) is 0.364. The van der Waals surface area contributed by atoms with Gasteiger partial charge in [-0.25, -0.2) is 4.79 Å². The number of aryl methyl sites for hydroxylation is 1. The van der Waals surface area contributed by atoms with E-state index >= 15 is 0 Å². The third-order valence-electron chi connectivity index (χ3n) is 4.79. The topological polar surface area (TPSA) is 65.1 Å². The number of carbonyl (C=O) groups excluding carboxylic acids is 2. The van der Waals surface area contributed by atoms with Gasteiger partial charge in [-0.05, 0) is 55.2 Å². The maximum atomic E-state index is 12.7. The number of benzene rings is 2. The lowest BCUT2D eigenvalue weighted by molar-refractivity contribution is -0.135. The second-order valence-electron chi connectivity index (χ2n) is 6.86. The summed E-state index contributed by atoms with van der Waals surface area (Å²) in [6, 6.07) is 12.9. The molecule has 0 aromatic heterocycles. The normalized spacial score (nSPS) is 13.0. The summed E-state index contributed by atoms with van der Waals surface area (Å²) in [5.41, 5.74) is 2.30. The van der Waals surface area contributed by atoms with Crippen molar-refractivity contribution in [2.24, 2.45) is 0 Å². The van der Waals surface area contributed by atoms with Gasteiger partial charge in [-0.1, -0.05) is 18.2 Å². The van der Waals surface area contributed by atoms with Gasteiger partial charge in [0.05, 0.1) is 19.8 Å². The van der Waals surface area contributed by atoms with E-state index in [1.165, 1.54) is 0 Å². The van der Waals surface area contributed by atoms with Crippen LogP contribution in [0.5, 0.6) is 11.5 Å². The van der Waals surface area contributed by atoms with E-state index in [1.54, 1.807) is 37.3 Å². The number of rotatable bonds is 8. The Morgan fingerprint density at radius 2 is 1.75 bits per heavy atom. The van der Waals surface area contributed by atoms with Crippen LogP contribution in [-0.2, 0) is 16.1 Å². The molecule has 1 saturated carbocycles. The standard InChI is InChI=1S/C22H25NO5/c1-15-4-7-17(12-20(15)27-3)22(25)28-14-21(24)23(18-8-9-18)13-16-5-10-19(26-2)11-6-16/h4-7,10-12,18H,8-9,13-14H2,1-3H3. The largest absolute Gasteiger partial charge is 0.497 e. The number of esters is 1. The van der Waals surface area contributed by atoms with Crippen molar-refractivity contribution >= 4 is 11.9 Å². The number of hydrogen-bond acceptors (Lipinski definition) is 5. The molecule has 3 rings (SSSR count). The van der Waals surface area contributed by atoms with Gasteiger partial charge in [-0.2, -0.15) is 0 Å². The molecule has 0 unspecified atom stereocenters. The first-order chi connectivity index (χ1) is 13.5. The van der Waals surface area contributed by atoms with E-state index in [0.717, 1.165) is 29.7 Å². The highest BCUT2D eigenvalue weighted by Gasteiger charge is 2.33. The SMILES string of the molecule is COc1ccc(CN(C(=O)COC(=O)c2ccc(C)c(OC)c2)C2CC2)cc1. The Morgan fingerprint density at radius 1 is 1.04 bits per heavy atom. The molecule has 28 heavy (non-hydrogen) atoms. The maximum Gasteiger partial charge on any atom is 0.338 e. The van der Waals surface area contributed by atoms with Crippen LogP contribution in [0.1, 0.15) is 34.3 Å². The first-order valence-corrected chi connectivity index (χ1v) is 9.26. The van der Waals surface area contributed by atoms with E-state index in [0.29, 0.717) is 17.9 Å². The smallest absolute Gasteiger partial charge is 0.338 e. The van der Waals surface area contributed by atoms with Gasteiger partial charge in [0.2, 0.25) is 0 Å². The van der Waals surface area contributed by atoms with Crippen molar-refractivity contribution in [1.82, 2.24) is 4.90 Å². The summed E-state index contributed by atoms with van der Waals surface area (Å²) in [4.78, 5) is 26.8. The van der Waals surface area contributed by atoms with E-state index in [-0.39, 0.29) is 18.6 Å². The zero-order valence-corrected chi connectivity index (χ0v) is 16.4. The Balaban J connectivity index is 1.60. The first kappa shape index (κ1) is 19.7. The zero-order chi connectivity index (χ0) is 20.1. The van der Waals surface area contributed by atoms with E-state index in [9.17, 15) is 9.59 Å². The lowest BCUT2D eigenvalue weighted by atomic mass is 10.1. The highest BCUT2D eigenvalue weighted by Crippen LogP contribution is 2.29. The van der Waals surface area contributed by atoms with Crippen molar-refractivity contribution in [1.29, 1.82) is 0 Å². The Bertz CT molecular complexity index is 843. The van der Waals surface area contributed by atoms with E-state index in [1.807, 2.05) is 31.2 Å². The van der Waals surface area contributed by atoms with E-state index in [2.05, 4.69) is 0 Å². The van der Waals surface area contributed by atoms with Gasteiger partial charge in [-0.3, -0.25) is 4.79 Å². The van der Waals surface area contributed by atoms with Crippen LogP contribution in [0, 0.1) is 6.92 Å². The van der Waals surface area contributed by atoms with E-state index in [4.69, 9.17) is 14.2 Å². The van der Waals surface area contributed by atoms with E-state index < -0.39 is 5.97 Å². The maximum absolute atomic E-state index is 12.7. The molecule has 1 fully saturated rings. The molecular formula is C22H25NO5. The molecule has 0 heterocycles. The second kappa shape index (κ2) is 8.78. The minimum atomic E-state index is -0.535. The average molecular weight is 383 g/mol. The number of carbonyl (C=O) groups is 2. The second-order valence-corrected chi connectivity index (χ2v) is 6.86. The Hall–Kier alpha value is -3.02. The third kappa shape index (κ3) is 4.82. The van der Waals surface area contributed by atoms with Gasteiger partial charge in [-0.15, -0.1) is 0 Å². The first-order valence-electron chi connectivity index (χ1n) is 9.26. The molecular weight excluding hydrogens is 358 g/mol. The number of methoxy groups -OCH3 is 2. The van der Waals surface area contributed by atoms with Gasteiger partial charge in [0.15, 0.2) is 6.61 Å². The average Bonchev–Trinajstić information content (AvgIpc) is 3.56. The molecule has 6 heteroatoms. The molecule has 0 radical (unpaired) electrons. The minimum absolute atomic E-state index is 0.189. The monoisotopic (exact) mass is 383 g/mol. The predicted molar refractivity (Wildman–Crippen MR) is 105 cm³/mol. The number of nitrogens with zero attached hydrogens (tertiary/aromatic N) is 1. The number of ether oxygens (including phenoxy) is 3. The fourth-order valence-electron chi connectivity index (χ4n) is 2.98. The van der Waals surface area contributed by atoms with Crippen LogP contribution in [0.2, 0.25) is 0 Å². The van der Waals surface area contributed by atoms with Gasteiger partial charge in [0.1, 0.15) is 11.5 Å². The predicted octanol–water partition coefficient (Wildman–Crippen LogP) is 3.36. The molecule has 1 aliphatic carbocycles. The van der Waals surface area contributed by atoms with Crippen molar-refractivity contribution in [3.05, 3.63) is 59.2 Å². The minimum Gasteiger partial charge on any atom is -0.497 e.